The van der Waals surface area contributed by atoms with Crippen molar-refractivity contribution in [2.45, 2.75) is 38.0 Å². The van der Waals surface area contributed by atoms with E-state index in [0.29, 0.717) is 0 Å². The molecule has 3 aromatic rings. The fourth-order valence-corrected chi connectivity index (χ4v) is 3.43. The highest BCUT2D eigenvalue weighted by Gasteiger charge is 2.16. The van der Waals surface area contributed by atoms with Crippen LogP contribution < -0.4 is 0 Å². The molecule has 1 aromatic heterocycles. The van der Waals surface area contributed by atoms with E-state index in [1.165, 1.54) is 48.4 Å². The van der Waals surface area contributed by atoms with Gasteiger partial charge in [0, 0.05) is 10.8 Å². The predicted octanol–water partition coefficient (Wildman–Crippen LogP) is 5.63. The van der Waals surface area contributed by atoms with Gasteiger partial charge < -0.3 is 4.42 Å². The first-order valence-electron chi connectivity index (χ1n) is 7.33. The van der Waals surface area contributed by atoms with E-state index < -0.39 is 0 Å². The lowest BCUT2D eigenvalue weighted by Crippen LogP contribution is -2.03. The Morgan fingerprint density at radius 2 is 1.58 bits per heavy atom. The molecule has 1 nitrogen and oxygen atoms in total. The van der Waals surface area contributed by atoms with E-state index in [9.17, 15) is 0 Å². The first kappa shape index (κ1) is 11.1. The summed E-state index contributed by atoms with van der Waals surface area (Å²) in [4.78, 5) is 0. The highest BCUT2D eigenvalue weighted by atomic mass is 16.3. The summed E-state index contributed by atoms with van der Waals surface area (Å²) in [5, 5.41) is 2.47. The largest absolute Gasteiger partial charge is 0.456 e. The quantitative estimate of drug-likeness (QED) is 0.545. The average Bonchev–Trinajstić information content (AvgIpc) is 2.86. The van der Waals surface area contributed by atoms with Gasteiger partial charge in [-0.25, -0.2) is 0 Å². The zero-order chi connectivity index (χ0) is 12.7. The van der Waals surface area contributed by atoms with E-state index in [0.717, 1.165) is 17.1 Å². The fraction of sp³-hybridized carbons (Fsp3) is 0.333. The SMILES string of the molecule is c1ccc2c(c1)oc1cc(C3CCCCC3)ccc12. The third-order valence-corrected chi connectivity index (χ3v) is 4.48. The molecule has 1 aliphatic carbocycles. The molecule has 0 unspecified atom stereocenters. The van der Waals surface area contributed by atoms with Gasteiger partial charge in [-0.15, -0.1) is 0 Å². The first-order chi connectivity index (χ1) is 9.42. The normalized spacial score (nSPS) is 17.3. The van der Waals surface area contributed by atoms with E-state index in [1.54, 1.807) is 0 Å². The maximum atomic E-state index is 5.98. The summed E-state index contributed by atoms with van der Waals surface area (Å²) in [6.45, 7) is 0. The zero-order valence-electron chi connectivity index (χ0n) is 11.1. The molecule has 4 rings (SSSR count). The third-order valence-electron chi connectivity index (χ3n) is 4.48. The second-order valence-corrected chi connectivity index (χ2v) is 5.69. The van der Waals surface area contributed by atoms with E-state index in [4.69, 9.17) is 4.42 Å². The van der Waals surface area contributed by atoms with Crippen molar-refractivity contribution in [1.82, 2.24) is 0 Å². The van der Waals surface area contributed by atoms with Gasteiger partial charge in [0.05, 0.1) is 0 Å². The highest BCUT2D eigenvalue weighted by molar-refractivity contribution is 6.04. The summed E-state index contributed by atoms with van der Waals surface area (Å²) in [5.41, 5.74) is 3.51. The van der Waals surface area contributed by atoms with E-state index in [2.05, 4.69) is 36.4 Å². The lowest BCUT2D eigenvalue weighted by atomic mass is 9.84. The fourth-order valence-electron chi connectivity index (χ4n) is 3.43. The molecule has 2 aromatic carbocycles. The van der Waals surface area contributed by atoms with Crippen molar-refractivity contribution in [2.24, 2.45) is 0 Å². The van der Waals surface area contributed by atoms with Crippen molar-refractivity contribution in [3.05, 3.63) is 48.0 Å². The summed E-state index contributed by atoms with van der Waals surface area (Å²) in [7, 11) is 0. The minimum atomic E-state index is 0.742. The van der Waals surface area contributed by atoms with Crippen LogP contribution in [0.15, 0.2) is 46.9 Å². The Bertz CT molecular complexity index is 717. The molecule has 0 N–H and O–H groups in total. The molecule has 0 radical (unpaired) electrons. The molecule has 1 heteroatoms. The molecule has 1 fully saturated rings. The molecule has 0 amide bonds. The molecule has 1 saturated carbocycles. The first-order valence-corrected chi connectivity index (χ1v) is 7.33. The Kier molecular flexibility index (Phi) is 2.58. The number of hydrogen-bond acceptors (Lipinski definition) is 1. The van der Waals surface area contributed by atoms with Crippen molar-refractivity contribution in [3.8, 4) is 0 Å². The maximum Gasteiger partial charge on any atom is 0.135 e. The Morgan fingerprint density at radius 1 is 0.789 bits per heavy atom. The molecule has 96 valence electrons. The minimum absolute atomic E-state index is 0.742. The number of fused-ring (bicyclic) bond motifs is 3. The Balaban J connectivity index is 1.84. The van der Waals surface area contributed by atoms with Gasteiger partial charge in [0.1, 0.15) is 11.2 Å². The standard InChI is InChI=1S/C18H18O/c1-2-6-13(7-3-1)14-10-11-16-15-8-4-5-9-17(15)19-18(16)12-14/h4-5,8-13H,1-3,6-7H2. The summed E-state index contributed by atoms with van der Waals surface area (Å²) in [6, 6.07) is 15.1. The van der Waals surface area contributed by atoms with Gasteiger partial charge in [-0.3, -0.25) is 0 Å². The van der Waals surface area contributed by atoms with Crippen LogP contribution in [-0.2, 0) is 0 Å². The van der Waals surface area contributed by atoms with Gasteiger partial charge in [0.25, 0.3) is 0 Å². The van der Waals surface area contributed by atoms with Crippen LogP contribution in [0, 0.1) is 0 Å². The van der Waals surface area contributed by atoms with Crippen LogP contribution in [0.4, 0.5) is 0 Å². The smallest absolute Gasteiger partial charge is 0.135 e. The molecule has 1 heterocycles. The number of benzene rings is 2. The summed E-state index contributed by atoms with van der Waals surface area (Å²) in [5.74, 6) is 0.742. The van der Waals surface area contributed by atoms with Gasteiger partial charge >= 0.3 is 0 Å². The molecule has 0 bridgehead atoms. The predicted molar refractivity (Wildman–Crippen MR) is 79.5 cm³/mol. The van der Waals surface area contributed by atoms with Crippen LogP contribution in [0.25, 0.3) is 21.9 Å². The van der Waals surface area contributed by atoms with E-state index in [-0.39, 0.29) is 0 Å². The van der Waals surface area contributed by atoms with Crippen LogP contribution in [0.3, 0.4) is 0 Å². The summed E-state index contributed by atoms with van der Waals surface area (Å²) >= 11 is 0. The van der Waals surface area contributed by atoms with Crippen LogP contribution in [0.5, 0.6) is 0 Å². The third kappa shape index (κ3) is 1.85. The van der Waals surface area contributed by atoms with Crippen molar-refractivity contribution in [1.29, 1.82) is 0 Å². The number of para-hydroxylation sites is 1. The van der Waals surface area contributed by atoms with Crippen molar-refractivity contribution in [3.63, 3.8) is 0 Å². The summed E-state index contributed by atoms with van der Waals surface area (Å²) in [6.07, 6.45) is 6.84. The molecule has 0 atom stereocenters. The topological polar surface area (TPSA) is 13.1 Å². The van der Waals surface area contributed by atoms with Crippen LogP contribution in [0.1, 0.15) is 43.6 Å². The lowest BCUT2D eigenvalue weighted by Gasteiger charge is -2.21. The van der Waals surface area contributed by atoms with Gasteiger partial charge in [-0.05, 0) is 36.5 Å². The highest BCUT2D eigenvalue weighted by Crippen LogP contribution is 2.36. The molecular formula is C18H18O. The van der Waals surface area contributed by atoms with Crippen LogP contribution >= 0.6 is 0 Å². The molecule has 0 saturated heterocycles. The molecule has 19 heavy (non-hydrogen) atoms. The lowest BCUT2D eigenvalue weighted by molar-refractivity contribution is 0.443. The van der Waals surface area contributed by atoms with Gasteiger partial charge in [0.2, 0.25) is 0 Å². The molecule has 0 aliphatic heterocycles. The molecule has 1 aliphatic rings. The molecule has 0 spiro atoms. The monoisotopic (exact) mass is 250 g/mol. The minimum Gasteiger partial charge on any atom is -0.456 e. The van der Waals surface area contributed by atoms with Crippen LogP contribution in [-0.4, -0.2) is 0 Å². The Morgan fingerprint density at radius 3 is 2.47 bits per heavy atom. The van der Waals surface area contributed by atoms with Crippen LogP contribution in [0.2, 0.25) is 0 Å². The Hall–Kier alpha value is -1.76. The summed E-state index contributed by atoms with van der Waals surface area (Å²) < 4.78 is 5.98. The second-order valence-electron chi connectivity index (χ2n) is 5.69. The number of hydrogen-bond donors (Lipinski definition) is 0. The van der Waals surface area contributed by atoms with Gasteiger partial charge in [0.15, 0.2) is 0 Å². The van der Waals surface area contributed by atoms with Gasteiger partial charge in [-0.1, -0.05) is 49.6 Å². The van der Waals surface area contributed by atoms with Gasteiger partial charge in [-0.2, -0.15) is 0 Å². The molecular weight excluding hydrogens is 232 g/mol. The number of rotatable bonds is 1. The average molecular weight is 250 g/mol. The Labute approximate surface area is 113 Å². The second kappa shape index (κ2) is 4.41. The maximum absolute atomic E-state index is 5.98. The zero-order valence-corrected chi connectivity index (χ0v) is 11.1. The van der Waals surface area contributed by atoms with Crippen molar-refractivity contribution < 1.29 is 4.42 Å². The van der Waals surface area contributed by atoms with E-state index >= 15 is 0 Å². The van der Waals surface area contributed by atoms with Crippen molar-refractivity contribution >= 4 is 21.9 Å². The van der Waals surface area contributed by atoms with E-state index in [1.807, 2.05) is 6.07 Å². The number of furan rings is 1. The van der Waals surface area contributed by atoms with Crippen molar-refractivity contribution in [2.75, 3.05) is 0 Å².